The first-order chi connectivity index (χ1) is 18.8. The maximum atomic E-state index is 13.0. The van der Waals surface area contributed by atoms with Crippen LogP contribution in [0.3, 0.4) is 0 Å². The van der Waals surface area contributed by atoms with Gasteiger partial charge in [0.2, 0.25) is 11.8 Å². The predicted octanol–water partition coefficient (Wildman–Crippen LogP) is 5.47. The van der Waals surface area contributed by atoms with Gasteiger partial charge in [0.25, 0.3) is 5.91 Å². The first-order valence-corrected chi connectivity index (χ1v) is 16.8. The highest BCUT2D eigenvalue weighted by Gasteiger charge is 2.37. The van der Waals surface area contributed by atoms with Crippen molar-refractivity contribution in [3.63, 3.8) is 0 Å². The van der Waals surface area contributed by atoms with Gasteiger partial charge in [-0.15, -0.1) is 0 Å². The Bertz CT molecular complexity index is 1170. The zero-order valence-corrected chi connectivity index (χ0v) is 25.7. The molecule has 3 rings (SSSR count). The van der Waals surface area contributed by atoms with E-state index in [0.717, 1.165) is 44.8 Å². The zero-order chi connectivity index (χ0) is 29.3. The van der Waals surface area contributed by atoms with Crippen molar-refractivity contribution in [1.29, 1.82) is 0 Å². The summed E-state index contributed by atoms with van der Waals surface area (Å²) in [6, 6.07) is 12.3. The number of nitrogens with zero attached hydrogens (tertiary/aromatic N) is 1. The van der Waals surface area contributed by atoms with Crippen LogP contribution in [0.2, 0.25) is 18.1 Å². The second kappa shape index (κ2) is 14.0. The lowest BCUT2D eigenvalue weighted by molar-refractivity contribution is -0.116. The minimum Gasteiger partial charge on any atom is -0.413 e. The van der Waals surface area contributed by atoms with E-state index < -0.39 is 8.32 Å². The molecule has 0 saturated carbocycles. The van der Waals surface area contributed by atoms with Crippen molar-refractivity contribution < 1.29 is 23.5 Å². The molecule has 1 heterocycles. The molecule has 0 aliphatic carbocycles. The Morgan fingerprint density at radius 2 is 1.55 bits per heavy atom. The highest BCUT2D eigenvalue weighted by Crippen LogP contribution is 2.37. The summed E-state index contributed by atoms with van der Waals surface area (Å²) >= 11 is 0. The van der Waals surface area contributed by atoms with Gasteiger partial charge >= 0.3 is 0 Å². The average molecular weight is 569 g/mol. The van der Waals surface area contributed by atoms with Crippen LogP contribution in [0, 0.1) is 0 Å². The van der Waals surface area contributed by atoms with Gasteiger partial charge in [-0.1, -0.05) is 20.8 Å². The van der Waals surface area contributed by atoms with E-state index in [2.05, 4.69) is 54.7 Å². The summed E-state index contributed by atoms with van der Waals surface area (Å²) in [6.07, 6.45) is 1.22. The van der Waals surface area contributed by atoms with E-state index in [1.54, 1.807) is 30.3 Å². The quantitative estimate of drug-likeness (QED) is 0.310. The Morgan fingerprint density at radius 1 is 0.925 bits per heavy atom. The van der Waals surface area contributed by atoms with Gasteiger partial charge in [-0.05, 0) is 79.1 Å². The van der Waals surface area contributed by atoms with Crippen molar-refractivity contribution in [2.75, 3.05) is 48.8 Å². The van der Waals surface area contributed by atoms with Gasteiger partial charge in [0.15, 0.2) is 8.32 Å². The number of rotatable bonds is 11. The first kappa shape index (κ1) is 31.5. The minimum atomic E-state index is -1.98. The Hall–Kier alpha value is -3.05. The second-order valence-corrected chi connectivity index (χ2v) is 16.6. The molecule has 0 bridgehead atoms. The summed E-state index contributed by atoms with van der Waals surface area (Å²) in [7, 11) is -1.98. The molecule has 10 heteroatoms. The Morgan fingerprint density at radius 3 is 2.15 bits per heavy atom. The Balaban J connectivity index is 1.59. The van der Waals surface area contributed by atoms with Gasteiger partial charge in [0.05, 0.1) is 19.8 Å². The molecule has 1 fully saturated rings. The van der Waals surface area contributed by atoms with Crippen LogP contribution in [0.4, 0.5) is 17.1 Å². The van der Waals surface area contributed by atoms with Crippen LogP contribution in [0.5, 0.6) is 0 Å². The molecule has 1 aliphatic rings. The van der Waals surface area contributed by atoms with E-state index in [1.165, 1.54) is 6.92 Å². The van der Waals surface area contributed by atoms with Crippen molar-refractivity contribution in [1.82, 2.24) is 4.90 Å². The number of benzene rings is 2. The van der Waals surface area contributed by atoms with Crippen LogP contribution in [0.1, 0.15) is 56.5 Å². The standard InChI is InChI=1S/C30H44N4O5Si/c1-22(35)31-26-18-23(21-39-40(5,6)30(2,3)4)19-27(20-26)33-29(37)24-9-11-25(12-10-24)32-28(36)8-7-13-34-14-16-38-17-15-34/h9-12,18-20H,7-8,13-17,21H2,1-6H3,(H,31,35)(H,32,36)(H,33,37). The molecule has 2 aromatic carbocycles. The number of ether oxygens (including phenoxy) is 1. The van der Waals surface area contributed by atoms with E-state index in [0.29, 0.717) is 35.7 Å². The largest absolute Gasteiger partial charge is 0.413 e. The van der Waals surface area contributed by atoms with Crippen molar-refractivity contribution in [2.45, 2.75) is 65.3 Å². The fourth-order valence-corrected chi connectivity index (χ4v) is 4.98. The van der Waals surface area contributed by atoms with Crippen molar-refractivity contribution >= 4 is 43.1 Å². The van der Waals surface area contributed by atoms with Crippen LogP contribution < -0.4 is 16.0 Å². The highest BCUT2D eigenvalue weighted by molar-refractivity contribution is 6.74. The number of hydrogen-bond donors (Lipinski definition) is 3. The van der Waals surface area contributed by atoms with Gasteiger partial charge < -0.3 is 25.1 Å². The monoisotopic (exact) mass is 568 g/mol. The topological polar surface area (TPSA) is 109 Å². The minimum absolute atomic E-state index is 0.0484. The highest BCUT2D eigenvalue weighted by atomic mass is 28.4. The number of carbonyl (C=O) groups is 3. The molecule has 9 nitrogen and oxygen atoms in total. The summed E-state index contributed by atoms with van der Waals surface area (Å²) in [4.78, 5) is 39.4. The lowest BCUT2D eigenvalue weighted by atomic mass is 10.1. The number of morpholine rings is 1. The Kier molecular flexibility index (Phi) is 11.0. The van der Waals surface area contributed by atoms with Gasteiger partial charge in [0.1, 0.15) is 0 Å². The molecule has 0 unspecified atom stereocenters. The van der Waals surface area contributed by atoms with Crippen LogP contribution >= 0.6 is 0 Å². The zero-order valence-electron chi connectivity index (χ0n) is 24.7. The molecule has 0 spiro atoms. The molecule has 1 saturated heterocycles. The average Bonchev–Trinajstić information content (AvgIpc) is 2.87. The van der Waals surface area contributed by atoms with Gasteiger partial charge in [-0.25, -0.2) is 0 Å². The van der Waals surface area contributed by atoms with Crippen LogP contribution in [-0.4, -0.2) is 63.8 Å². The molecule has 1 aliphatic heterocycles. The summed E-state index contributed by atoms with van der Waals surface area (Å²) < 4.78 is 11.7. The predicted molar refractivity (Wildman–Crippen MR) is 162 cm³/mol. The fraction of sp³-hybridized carbons (Fsp3) is 0.500. The lowest BCUT2D eigenvalue weighted by Gasteiger charge is -2.36. The smallest absolute Gasteiger partial charge is 0.255 e. The second-order valence-electron chi connectivity index (χ2n) is 11.8. The van der Waals surface area contributed by atoms with Gasteiger partial charge in [0, 0.05) is 49.1 Å². The first-order valence-electron chi connectivity index (χ1n) is 13.9. The molecule has 0 radical (unpaired) electrons. The number of carbonyl (C=O) groups excluding carboxylic acids is 3. The van der Waals surface area contributed by atoms with Crippen LogP contribution in [0.15, 0.2) is 42.5 Å². The van der Waals surface area contributed by atoms with Gasteiger partial charge in [-0.2, -0.15) is 0 Å². The third kappa shape index (κ3) is 9.85. The molecule has 40 heavy (non-hydrogen) atoms. The SMILES string of the molecule is CC(=O)Nc1cc(CO[Si](C)(C)C(C)(C)C)cc(NC(=O)c2ccc(NC(=O)CCCN3CCOCC3)cc2)c1. The normalized spacial score (nSPS) is 14.4. The van der Waals surface area contributed by atoms with Crippen LogP contribution in [-0.2, 0) is 25.4 Å². The van der Waals surface area contributed by atoms with Crippen molar-refractivity contribution in [3.05, 3.63) is 53.6 Å². The summed E-state index contributed by atoms with van der Waals surface area (Å²) in [5.74, 6) is -0.536. The molecular weight excluding hydrogens is 524 g/mol. The van der Waals surface area contributed by atoms with E-state index in [1.807, 2.05) is 12.1 Å². The number of nitrogens with one attached hydrogen (secondary N) is 3. The van der Waals surface area contributed by atoms with E-state index >= 15 is 0 Å². The molecule has 218 valence electrons. The molecule has 3 N–H and O–H groups in total. The number of anilines is 3. The summed E-state index contributed by atoms with van der Waals surface area (Å²) in [5, 5.41) is 8.69. The molecule has 0 atom stereocenters. The maximum absolute atomic E-state index is 13.0. The summed E-state index contributed by atoms with van der Waals surface area (Å²) in [5.41, 5.74) is 3.10. The lowest BCUT2D eigenvalue weighted by Crippen LogP contribution is -2.40. The molecule has 2 aromatic rings. The fourth-order valence-electron chi connectivity index (χ4n) is 4.02. The summed E-state index contributed by atoms with van der Waals surface area (Å²) in [6.45, 7) is 16.9. The number of amides is 3. The van der Waals surface area contributed by atoms with E-state index in [4.69, 9.17) is 9.16 Å². The van der Waals surface area contributed by atoms with Crippen LogP contribution in [0.25, 0.3) is 0 Å². The maximum Gasteiger partial charge on any atom is 0.255 e. The number of hydrogen-bond acceptors (Lipinski definition) is 6. The van der Waals surface area contributed by atoms with E-state index in [-0.39, 0.29) is 22.8 Å². The third-order valence-corrected chi connectivity index (χ3v) is 11.9. The van der Waals surface area contributed by atoms with E-state index in [9.17, 15) is 14.4 Å². The van der Waals surface area contributed by atoms with Crippen molar-refractivity contribution in [2.24, 2.45) is 0 Å². The Labute approximate surface area is 239 Å². The molecule has 0 aromatic heterocycles. The van der Waals surface area contributed by atoms with Crippen molar-refractivity contribution in [3.8, 4) is 0 Å². The molecular formula is C30H44N4O5Si. The van der Waals surface area contributed by atoms with Gasteiger partial charge in [-0.3, -0.25) is 19.3 Å². The molecule has 3 amide bonds. The third-order valence-electron chi connectivity index (χ3n) is 7.39.